The number of likely N-dealkylation sites (N-methyl/N-ethyl adjacent to an activating group) is 1. The topological polar surface area (TPSA) is 86.3 Å². The third-order valence-corrected chi connectivity index (χ3v) is 12.9. The van der Waals surface area contributed by atoms with E-state index in [1.165, 1.54) is 6.20 Å². The molecule has 2 aromatic carbocycles. The fraction of sp³-hybridized carbons (Fsp3) is 0.559. The molecule has 47 heavy (non-hydrogen) atoms. The van der Waals surface area contributed by atoms with Crippen LogP contribution in [0, 0.1) is 11.6 Å². The van der Waals surface area contributed by atoms with Crippen molar-refractivity contribution in [3.05, 3.63) is 48.2 Å². The number of aromatic nitrogens is 1. The Morgan fingerprint density at radius 2 is 1.49 bits per heavy atom. The molecule has 256 valence electrons. The maximum Gasteiger partial charge on any atom is 0.213 e. The second kappa shape index (κ2) is 14.4. The van der Waals surface area contributed by atoms with Crippen LogP contribution >= 0.6 is 0 Å². The van der Waals surface area contributed by atoms with Gasteiger partial charge in [0.05, 0.1) is 17.8 Å². The Morgan fingerprint density at radius 1 is 0.851 bits per heavy atom. The minimum Gasteiger partial charge on any atom is -0.491 e. The molecule has 3 aliphatic rings. The van der Waals surface area contributed by atoms with Gasteiger partial charge in [0.25, 0.3) is 0 Å². The Hall–Kier alpha value is -2.71. The van der Waals surface area contributed by atoms with Crippen LogP contribution in [0.1, 0.15) is 39.5 Å². The second-order valence-electron chi connectivity index (χ2n) is 12.7. The number of rotatable bonds is 9. The van der Waals surface area contributed by atoms with Crippen molar-refractivity contribution in [3.63, 3.8) is 0 Å². The molecule has 13 heteroatoms. The Balaban J connectivity index is 1.25. The molecule has 0 unspecified atom stereocenters. The standard InChI is InChI=1S/C34H45F2N5O4S2/c1-4-38-18-20-40(21-19-38)25-10-14-39(15-11-25)24-12-16-41(17-13-24)34-27-22-26(46(3)42)6-7-28(27)37-23-31(34)47(43,44)30-9-8-29(45-5-2)32(35)33(30)36/h6-9,22-25H,4-5,10-21H2,1-3H3/t46-/m0/s1. The Labute approximate surface area is 279 Å². The molecule has 3 saturated heterocycles. The summed E-state index contributed by atoms with van der Waals surface area (Å²) in [5.41, 5.74) is 0.926. The van der Waals surface area contributed by atoms with E-state index in [1.807, 2.05) is 4.90 Å². The van der Waals surface area contributed by atoms with Crippen molar-refractivity contribution < 1.29 is 26.1 Å². The van der Waals surface area contributed by atoms with E-state index in [0.717, 1.165) is 83.6 Å². The summed E-state index contributed by atoms with van der Waals surface area (Å²) in [7, 11) is -5.88. The number of halogens is 2. The zero-order chi connectivity index (χ0) is 33.3. The van der Waals surface area contributed by atoms with Crippen molar-refractivity contribution in [1.82, 2.24) is 19.7 Å². The first-order valence-corrected chi connectivity index (χ1v) is 19.7. The summed E-state index contributed by atoms with van der Waals surface area (Å²) in [5, 5.41) is 0.521. The average molecular weight is 690 g/mol. The number of anilines is 1. The molecule has 4 heterocycles. The molecule has 0 saturated carbocycles. The van der Waals surface area contributed by atoms with Gasteiger partial charge in [0.1, 0.15) is 9.79 Å². The van der Waals surface area contributed by atoms with E-state index in [2.05, 4.69) is 26.6 Å². The summed E-state index contributed by atoms with van der Waals surface area (Å²) in [6, 6.07) is 8.34. The number of piperazine rings is 1. The van der Waals surface area contributed by atoms with Crippen LogP contribution < -0.4 is 9.64 Å². The Kier molecular flexibility index (Phi) is 10.5. The number of pyridine rings is 1. The van der Waals surface area contributed by atoms with Gasteiger partial charge in [-0.1, -0.05) is 6.92 Å². The van der Waals surface area contributed by atoms with Crippen molar-refractivity contribution in [3.8, 4) is 5.75 Å². The van der Waals surface area contributed by atoms with Crippen molar-refractivity contribution in [2.75, 3.05) is 76.7 Å². The normalized spacial score (nSPS) is 20.6. The number of ether oxygens (including phenoxy) is 1. The zero-order valence-corrected chi connectivity index (χ0v) is 29.1. The molecular formula is C34H45F2N5O4S2. The monoisotopic (exact) mass is 689 g/mol. The maximum atomic E-state index is 15.3. The number of likely N-dealkylation sites (tertiary alicyclic amines) is 1. The van der Waals surface area contributed by atoms with Crippen LogP contribution in [0.2, 0.25) is 0 Å². The summed E-state index contributed by atoms with van der Waals surface area (Å²) in [5.74, 6) is -3.18. The van der Waals surface area contributed by atoms with Crippen molar-refractivity contribution >= 4 is 37.2 Å². The van der Waals surface area contributed by atoms with Crippen LogP contribution in [0.3, 0.4) is 0 Å². The third kappa shape index (κ3) is 6.92. The van der Waals surface area contributed by atoms with Gasteiger partial charge in [-0.3, -0.25) is 14.1 Å². The first kappa shape index (κ1) is 34.2. The molecule has 3 fully saturated rings. The molecule has 6 rings (SSSR count). The molecule has 1 aromatic heterocycles. The van der Waals surface area contributed by atoms with E-state index in [0.29, 0.717) is 46.7 Å². The van der Waals surface area contributed by atoms with Crippen LogP contribution in [0.4, 0.5) is 14.5 Å². The second-order valence-corrected chi connectivity index (χ2v) is 16.0. The number of benzene rings is 2. The Morgan fingerprint density at radius 3 is 2.11 bits per heavy atom. The summed E-state index contributed by atoms with van der Waals surface area (Å²) in [6.45, 7) is 12.9. The SMILES string of the molecule is CCOc1ccc(S(=O)(=O)c2cnc3ccc([S@](C)=O)cc3c2N2CCC(N3CCC(N4CCN(CC)CC4)CC3)CC2)c(F)c1F. The Bertz CT molecular complexity index is 1720. The first-order valence-electron chi connectivity index (χ1n) is 16.7. The number of hydrogen-bond donors (Lipinski definition) is 0. The highest BCUT2D eigenvalue weighted by molar-refractivity contribution is 7.91. The molecule has 0 spiro atoms. The van der Waals surface area contributed by atoms with Gasteiger partial charge in [0.2, 0.25) is 15.7 Å². The van der Waals surface area contributed by atoms with E-state index >= 15 is 4.39 Å². The minimum atomic E-state index is -4.55. The van der Waals surface area contributed by atoms with Gasteiger partial charge in [-0.25, -0.2) is 12.8 Å². The average Bonchev–Trinajstić information content (AvgIpc) is 3.09. The predicted molar refractivity (Wildman–Crippen MR) is 181 cm³/mol. The smallest absolute Gasteiger partial charge is 0.213 e. The number of fused-ring (bicyclic) bond motifs is 1. The van der Waals surface area contributed by atoms with Crippen molar-refractivity contribution in [2.45, 2.75) is 66.3 Å². The van der Waals surface area contributed by atoms with Crippen molar-refractivity contribution in [1.29, 1.82) is 0 Å². The van der Waals surface area contributed by atoms with Crippen LogP contribution in [0.5, 0.6) is 5.75 Å². The summed E-state index contributed by atoms with van der Waals surface area (Å²) >= 11 is 0. The summed E-state index contributed by atoms with van der Waals surface area (Å²) in [6.07, 6.45) is 6.80. The summed E-state index contributed by atoms with van der Waals surface area (Å²) in [4.78, 5) is 13.8. The third-order valence-electron chi connectivity index (χ3n) is 10.2. The number of hydrogen-bond acceptors (Lipinski definition) is 9. The lowest BCUT2D eigenvalue weighted by atomic mass is 9.96. The highest BCUT2D eigenvalue weighted by Crippen LogP contribution is 2.40. The van der Waals surface area contributed by atoms with Gasteiger partial charge in [-0.05, 0) is 82.6 Å². The lowest BCUT2D eigenvalue weighted by Gasteiger charge is -2.46. The number of sulfone groups is 1. The van der Waals surface area contributed by atoms with Gasteiger partial charge in [-0.15, -0.1) is 0 Å². The molecule has 9 nitrogen and oxygen atoms in total. The number of piperidine rings is 2. The molecule has 3 aromatic rings. The lowest BCUT2D eigenvalue weighted by molar-refractivity contribution is 0.0449. The fourth-order valence-corrected chi connectivity index (χ4v) is 9.50. The molecule has 3 aliphatic heterocycles. The van der Waals surface area contributed by atoms with Gasteiger partial charge >= 0.3 is 0 Å². The van der Waals surface area contributed by atoms with Crippen LogP contribution in [0.15, 0.2) is 51.2 Å². The highest BCUT2D eigenvalue weighted by Gasteiger charge is 2.35. The van der Waals surface area contributed by atoms with E-state index in [1.54, 1.807) is 31.4 Å². The van der Waals surface area contributed by atoms with Crippen LogP contribution in [0.25, 0.3) is 10.9 Å². The molecule has 0 aliphatic carbocycles. The molecule has 0 N–H and O–H groups in total. The summed E-state index contributed by atoms with van der Waals surface area (Å²) < 4.78 is 76.1. The lowest BCUT2D eigenvalue weighted by Crippen LogP contribution is -2.55. The van der Waals surface area contributed by atoms with Gasteiger partial charge in [-0.2, -0.15) is 4.39 Å². The van der Waals surface area contributed by atoms with Gasteiger partial charge < -0.3 is 19.4 Å². The maximum absolute atomic E-state index is 15.3. The van der Waals surface area contributed by atoms with Crippen molar-refractivity contribution in [2.24, 2.45) is 0 Å². The molecular weight excluding hydrogens is 645 g/mol. The molecule has 0 bridgehead atoms. The fourth-order valence-electron chi connectivity index (χ4n) is 7.46. The minimum absolute atomic E-state index is 0.104. The highest BCUT2D eigenvalue weighted by atomic mass is 32.2. The van der Waals surface area contributed by atoms with E-state index < -0.39 is 37.2 Å². The van der Waals surface area contributed by atoms with Crippen LogP contribution in [-0.4, -0.2) is 116 Å². The molecule has 0 amide bonds. The van der Waals surface area contributed by atoms with Gasteiger partial charge in [0.15, 0.2) is 11.6 Å². The van der Waals surface area contributed by atoms with Crippen LogP contribution in [-0.2, 0) is 20.6 Å². The predicted octanol–water partition coefficient (Wildman–Crippen LogP) is 4.55. The zero-order valence-electron chi connectivity index (χ0n) is 27.5. The first-order chi connectivity index (χ1) is 22.6. The molecule has 1 atom stereocenters. The van der Waals surface area contributed by atoms with Gasteiger partial charge in [0, 0.05) is 84.9 Å². The van der Waals surface area contributed by atoms with E-state index in [9.17, 15) is 17.0 Å². The quantitative estimate of drug-likeness (QED) is 0.321. The van der Waals surface area contributed by atoms with E-state index in [4.69, 9.17) is 4.74 Å². The van der Waals surface area contributed by atoms with E-state index in [-0.39, 0.29) is 17.3 Å². The largest absolute Gasteiger partial charge is 0.491 e. The number of nitrogens with zero attached hydrogens (tertiary/aromatic N) is 5. The molecule has 0 radical (unpaired) electrons.